The summed E-state index contributed by atoms with van der Waals surface area (Å²) in [5, 5.41) is 15.6. The van der Waals surface area contributed by atoms with Crippen LogP contribution in [0.15, 0.2) is 6.07 Å². The first-order valence-corrected chi connectivity index (χ1v) is 11.0. The van der Waals surface area contributed by atoms with E-state index in [-0.39, 0.29) is 23.5 Å². The third-order valence-corrected chi connectivity index (χ3v) is 6.73. The van der Waals surface area contributed by atoms with Crippen molar-refractivity contribution >= 4 is 16.9 Å². The van der Waals surface area contributed by atoms with Crippen molar-refractivity contribution in [1.82, 2.24) is 19.7 Å². The van der Waals surface area contributed by atoms with Gasteiger partial charge in [0.2, 0.25) is 0 Å². The Labute approximate surface area is 173 Å². The van der Waals surface area contributed by atoms with Crippen LogP contribution in [-0.2, 0) is 5.54 Å². The lowest BCUT2D eigenvalue weighted by Gasteiger charge is -2.41. The van der Waals surface area contributed by atoms with Crippen molar-refractivity contribution in [3.63, 3.8) is 0 Å². The molecule has 29 heavy (non-hydrogen) atoms. The summed E-state index contributed by atoms with van der Waals surface area (Å²) in [5.74, 6) is 0.518. The fourth-order valence-electron chi connectivity index (χ4n) is 4.61. The molecule has 1 aliphatic heterocycles. The predicted octanol–water partition coefficient (Wildman–Crippen LogP) is 4.00. The van der Waals surface area contributed by atoms with Crippen LogP contribution in [0.3, 0.4) is 0 Å². The summed E-state index contributed by atoms with van der Waals surface area (Å²) in [5.41, 5.74) is 3.05. The number of piperidine rings is 1. The lowest BCUT2D eigenvalue weighted by Crippen LogP contribution is -2.47. The van der Waals surface area contributed by atoms with Gasteiger partial charge >= 0.3 is 0 Å². The fourth-order valence-corrected chi connectivity index (χ4v) is 4.61. The van der Waals surface area contributed by atoms with E-state index in [2.05, 4.69) is 27.7 Å². The molecule has 158 valence electrons. The Morgan fingerprint density at radius 2 is 2.07 bits per heavy atom. The number of aromatic nitrogens is 3. The number of rotatable bonds is 4. The number of amides is 1. The number of nitrogens with zero attached hydrogens (tertiary/aromatic N) is 4. The van der Waals surface area contributed by atoms with Crippen LogP contribution < -0.4 is 0 Å². The summed E-state index contributed by atoms with van der Waals surface area (Å²) in [6.07, 6.45) is 5.07. The first-order chi connectivity index (χ1) is 13.7. The maximum Gasteiger partial charge on any atom is 0.254 e. The maximum atomic E-state index is 13.7. The van der Waals surface area contributed by atoms with Crippen LogP contribution in [0.5, 0.6) is 0 Å². The monoisotopic (exact) mass is 398 g/mol. The van der Waals surface area contributed by atoms with Crippen LogP contribution in [0.1, 0.15) is 87.5 Å². The zero-order valence-corrected chi connectivity index (χ0v) is 18.5. The third-order valence-electron chi connectivity index (χ3n) is 6.73. The van der Waals surface area contributed by atoms with Gasteiger partial charge in [0.15, 0.2) is 5.65 Å². The molecule has 1 aliphatic carbocycles. The topological polar surface area (TPSA) is 71.2 Å². The minimum atomic E-state index is -0.207. The number of carbonyl (C=O) groups is 1. The molecule has 4 rings (SSSR count). The van der Waals surface area contributed by atoms with E-state index in [0.717, 1.165) is 66.6 Å². The van der Waals surface area contributed by atoms with Gasteiger partial charge in [-0.1, -0.05) is 6.92 Å². The van der Waals surface area contributed by atoms with Gasteiger partial charge in [-0.3, -0.25) is 4.79 Å². The lowest BCUT2D eigenvalue weighted by molar-refractivity contribution is 0.0253. The molecule has 2 aliphatic rings. The predicted molar refractivity (Wildman–Crippen MR) is 114 cm³/mol. The highest BCUT2D eigenvalue weighted by Gasteiger charge is 2.37. The Morgan fingerprint density at radius 3 is 2.66 bits per heavy atom. The SMILES string of the molecule is CC[C@]1(CO)CCCN(C(=O)c2cc(C3CC3)nc3c2c(C)nn3C(C)(C)C)C1. The Morgan fingerprint density at radius 1 is 1.34 bits per heavy atom. The van der Waals surface area contributed by atoms with Gasteiger partial charge in [0, 0.05) is 30.1 Å². The largest absolute Gasteiger partial charge is 0.396 e. The van der Waals surface area contributed by atoms with Crippen LogP contribution in [-0.4, -0.2) is 50.4 Å². The summed E-state index contributed by atoms with van der Waals surface area (Å²) in [6.45, 7) is 11.9. The number of pyridine rings is 1. The molecule has 3 heterocycles. The summed E-state index contributed by atoms with van der Waals surface area (Å²) in [6, 6.07) is 2.02. The molecule has 0 aromatic carbocycles. The Bertz CT molecular complexity index is 932. The van der Waals surface area contributed by atoms with Crippen molar-refractivity contribution in [3.8, 4) is 0 Å². The number of aryl methyl sites for hydroxylation is 1. The summed E-state index contributed by atoms with van der Waals surface area (Å²) in [7, 11) is 0. The molecule has 2 fully saturated rings. The molecule has 1 atom stereocenters. The van der Waals surface area contributed by atoms with E-state index < -0.39 is 0 Å². The number of likely N-dealkylation sites (tertiary alicyclic amines) is 1. The highest BCUT2D eigenvalue weighted by molar-refractivity contribution is 6.06. The second-order valence-corrected chi connectivity index (χ2v) is 10.1. The van der Waals surface area contributed by atoms with Gasteiger partial charge in [-0.25, -0.2) is 9.67 Å². The number of carbonyl (C=O) groups excluding carboxylic acids is 1. The molecule has 0 spiro atoms. The van der Waals surface area contributed by atoms with Crippen LogP contribution in [0.25, 0.3) is 11.0 Å². The lowest BCUT2D eigenvalue weighted by atomic mass is 9.78. The number of aliphatic hydroxyl groups excluding tert-OH is 1. The van der Waals surface area contributed by atoms with Crippen molar-refractivity contribution in [2.75, 3.05) is 19.7 Å². The van der Waals surface area contributed by atoms with Gasteiger partial charge in [-0.15, -0.1) is 0 Å². The first kappa shape index (κ1) is 20.3. The van der Waals surface area contributed by atoms with Gasteiger partial charge in [0.25, 0.3) is 5.91 Å². The number of hydrogen-bond acceptors (Lipinski definition) is 4. The molecule has 0 unspecified atom stereocenters. The van der Waals surface area contributed by atoms with E-state index in [9.17, 15) is 9.90 Å². The van der Waals surface area contributed by atoms with Crippen molar-refractivity contribution in [2.45, 2.75) is 78.2 Å². The van der Waals surface area contributed by atoms with Gasteiger partial charge in [-0.05, 0) is 65.9 Å². The summed E-state index contributed by atoms with van der Waals surface area (Å²) < 4.78 is 1.97. The molecule has 2 aromatic heterocycles. The average Bonchev–Trinajstić information content (AvgIpc) is 3.49. The molecule has 0 radical (unpaired) electrons. The molecule has 1 amide bonds. The molecule has 6 nitrogen and oxygen atoms in total. The molecule has 0 bridgehead atoms. The van der Waals surface area contributed by atoms with Crippen LogP contribution in [0, 0.1) is 12.3 Å². The molecule has 6 heteroatoms. The highest BCUT2D eigenvalue weighted by Crippen LogP contribution is 2.41. The Balaban J connectivity index is 1.82. The summed E-state index contributed by atoms with van der Waals surface area (Å²) >= 11 is 0. The van der Waals surface area contributed by atoms with E-state index in [4.69, 9.17) is 10.1 Å². The number of hydrogen-bond donors (Lipinski definition) is 1. The molecule has 1 saturated carbocycles. The van der Waals surface area contributed by atoms with E-state index in [1.54, 1.807) is 0 Å². The van der Waals surface area contributed by atoms with Gasteiger partial charge in [0.05, 0.1) is 28.8 Å². The van der Waals surface area contributed by atoms with E-state index in [0.29, 0.717) is 12.5 Å². The van der Waals surface area contributed by atoms with Gasteiger partial charge < -0.3 is 10.0 Å². The van der Waals surface area contributed by atoms with E-state index in [1.807, 2.05) is 22.6 Å². The average molecular weight is 399 g/mol. The zero-order valence-electron chi connectivity index (χ0n) is 18.5. The maximum absolute atomic E-state index is 13.7. The second kappa shape index (κ2) is 7.08. The fraction of sp³-hybridized carbons (Fsp3) is 0.696. The molecule has 2 aromatic rings. The first-order valence-electron chi connectivity index (χ1n) is 11.0. The minimum absolute atomic E-state index is 0.0573. The molecule has 1 N–H and O–H groups in total. The van der Waals surface area contributed by atoms with E-state index in [1.165, 1.54) is 0 Å². The molecule has 1 saturated heterocycles. The normalized spacial score (nSPS) is 23.0. The van der Waals surface area contributed by atoms with Gasteiger partial charge in [-0.2, -0.15) is 5.10 Å². The second-order valence-electron chi connectivity index (χ2n) is 10.1. The smallest absolute Gasteiger partial charge is 0.254 e. The molecular weight excluding hydrogens is 364 g/mol. The zero-order chi connectivity index (χ0) is 21.0. The molecular formula is C23H34N4O2. The van der Waals surface area contributed by atoms with Crippen molar-refractivity contribution in [1.29, 1.82) is 0 Å². The Hall–Kier alpha value is -1.95. The number of fused-ring (bicyclic) bond motifs is 1. The van der Waals surface area contributed by atoms with Crippen molar-refractivity contribution in [2.24, 2.45) is 5.41 Å². The highest BCUT2D eigenvalue weighted by atomic mass is 16.3. The standard InChI is InChI=1S/C23H34N4O2/c1-6-23(14-28)10-7-11-26(13-23)21(29)17-12-18(16-8-9-16)24-20-19(17)15(2)25-27(20)22(3,4)5/h12,16,28H,6-11,13-14H2,1-5H3/t23-/m0/s1. The minimum Gasteiger partial charge on any atom is -0.396 e. The Kier molecular flexibility index (Phi) is 4.96. The van der Waals surface area contributed by atoms with Crippen molar-refractivity contribution < 1.29 is 9.90 Å². The third kappa shape index (κ3) is 3.56. The van der Waals surface area contributed by atoms with E-state index >= 15 is 0 Å². The number of aliphatic hydroxyl groups is 1. The van der Waals surface area contributed by atoms with Crippen LogP contribution >= 0.6 is 0 Å². The van der Waals surface area contributed by atoms with Crippen molar-refractivity contribution in [3.05, 3.63) is 23.0 Å². The summed E-state index contributed by atoms with van der Waals surface area (Å²) in [4.78, 5) is 20.6. The van der Waals surface area contributed by atoms with Crippen LogP contribution in [0.4, 0.5) is 0 Å². The van der Waals surface area contributed by atoms with Gasteiger partial charge in [0.1, 0.15) is 0 Å². The quantitative estimate of drug-likeness (QED) is 0.845. The van der Waals surface area contributed by atoms with Crippen LogP contribution in [0.2, 0.25) is 0 Å².